The highest BCUT2D eigenvalue weighted by Crippen LogP contribution is 2.29. The molecule has 0 aliphatic heterocycles. The lowest BCUT2D eigenvalue weighted by Gasteiger charge is -2.36. The number of amides is 1. The number of nitrogens with two attached hydrogens (primary N) is 1. The molecule has 1 fully saturated rings. The SMILES string of the molecule is CCCC(CN)C(=O)N(C)C1CCC(CC)CC1. The maximum absolute atomic E-state index is 12.4. The Balaban J connectivity index is 2.48. The molecule has 0 aromatic rings. The lowest BCUT2D eigenvalue weighted by Crippen LogP contribution is -2.44. The molecule has 1 aliphatic rings. The smallest absolute Gasteiger partial charge is 0.226 e. The molecule has 106 valence electrons. The zero-order valence-electron chi connectivity index (χ0n) is 12.3. The predicted molar refractivity (Wildman–Crippen MR) is 76.3 cm³/mol. The second kappa shape index (κ2) is 7.78. The Morgan fingerprint density at radius 3 is 2.33 bits per heavy atom. The van der Waals surface area contributed by atoms with Gasteiger partial charge >= 0.3 is 0 Å². The van der Waals surface area contributed by atoms with Crippen LogP contribution in [0.4, 0.5) is 0 Å². The summed E-state index contributed by atoms with van der Waals surface area (Å²) in [7, 11) is 1.97. The van der Waals surface area contributed by atoms with Crippen molar-refractivity contribution in [2.75, 3.05) is 13.6 Å². The Hall–Kier alpha value is -0.570. The molecule has 0 bridgehead atoms. The van der Waals surface area contributed by atoms with E-state index in [9.17, 15) is 4.79 Å². The Labute approximate surface area is 112 Å². The number of hydrogen-bond donors (Lipinski definition) is 1. The van der Waals surface area contributed by atoms with Crippen LogP contribution in [-0.2, 0) is 4.79 Å². The van der Waals surface area contributed by atoms with Crippen LogP contribution in [0.25, 0.3) is 0 Å². The van der Waals surface area contributed by atoms with Crippen molar-refractivity contribution in [3.05, 3.63) is 0 Å². The fraction of sp³-hybridized carbons (Fsp3) is 0.933. The zero-order chi connectivity index (χ0) is 13.5. The lowest BCUT2D eigenvalue weighted by atomic mass is 9.83. The van der Waals surface area contributed by atoms with Gasteiger partial charge in [-0.15, -0.1) is 0 Å². The van der Waals surface area contributed by atoms with Crippen molar-refractivity contribution >= 4 is 5.91 Å². The first kappa shape index (κ1) is 15.5. The van der Waals surface area contributed by atoms with Crippen LogP contribution in [0.2, 0.25) is 0 Å². The number of rotatable bonds is 6. The van der Waals surface area contributed by atoms with Gasteiger partial charge in [0.15, 0.2) is 0 Å². The molecule has 3 heteroatoms. The van der Waals surface area contributed by atoms with Crippen LogP contribution in [-0.4, -0.2) is 30.4 Å². The first-order valence-electron chi connectivity index (χ1n) is 7.60. The van der Waals surface area contributed by atoms with Crippen LogP contribution in [0.3, 0.4) is 0 Å². The van der Waals surface area contributed by atoms with E-state index in [-0.39, 0.29) is 11.8 Å². The molecular weight excluding hydrogens is 224 g/mol. The first-order valence-corrected chi connectivity index (χ1v) is 7.60. The normalized spacial score (nSPS) is 25.8. The molecule has 3 nitrogen and oxygen atoms in total. The van der Waals surface area contributed by atoms with E-state index in [2.05, 4.69) is 13.8 Å². The average molecular weight is 254 g/mol. The van der Waals surface area contributed by atoms with Gasteiger partial charge in [0.1, 0.15) is 0 Å². The fourth-order valence-corrected chi connectivity index (χ4v) is 3.10. The number of nitrogens with zero attached hydrogens (tertiary/aromatic N) is 1. The Bertz CT molecular complexity index is 247. The molecule has 1 unspecified atom stereocenters. The second-order valence-corrected chi connectivity index (χ2v) is 5.75. The molecule has 1 atom stereocenters. The lowest BCUT2D eigenvalue weighted by molar-refractivity contribution is -0.137. The standard InChI is InChI=1S/C15H30N2O/c1-4-6-13(11-16)15(18)17(3)14-9-7-12(5-2)8-10-14/h12-14H,4-11,16H2,1-3H3. The summed E-state index contributed by atoms with van der Waals surface area (Å²) < 4.78 is 0. The molecule has 2 N–H and O–H groups in total. The summed E-state index contributed by atoms with van der Waals surface area (Å²) in [5.74, 6) is 1.17. The highest BCUT2D eigenvalue weighted by Gasteiger charge is 2.28. The van der Waals surface area contributed by atoms with Gasteiger partial charge in [-0.1, -0.05) is 26.7 Å². The summed E-state index contributed by atoms with van der Waals surface area (Å²) in [5.41, 5.74) is 5.72. The molecule has 1 saturated carbocycles. The van der Waals surface area contributed by atoms with Crippen LogP contribution < -0.4 is 5.73 Å². The minimum absolute atomic E-state index is 0.0314. The summed E-state index contributed by atoms with van der Waals surface area (Å²) in [6.45, 7) is 4.87. The van der Waals surface area contributed by atoms with E-state index in [4.69, 9.17) is 5.73 Å². The number of carbonyl (C=O) groups is 1. The average Bonchev–Trinajstić information content (AvgIpc) is 2.43. The molecular formula is C15H30N2O. The van der Waals surface area contributed by atoms with Crippen LogP contribution in [0, 0.1) is 11.8 Å². The molecule has 0 saturated heterocycles. The van der Waals surface area contributed by atoms with Crippen molar-refractivity contribution < 1.29 is 4.79 Å². The van der Waals surface area contributed by atoms with Crippen LogP contribution >= 0.6 is 0 Å². The monoisotopic (exact) mass is 254 g/mol. The van der Waals surface area contributed by atoms with Crippen molar-refractivity contribution in [3.8, 4) is 0 Å². The predicted octanol–water partition coefficient (Wildman–Crippen LogP) is 2.79. The largest absolute Gasteiger partial charge is 0.342 e. The fourth-order valence-electron chi connectivity index (χ4n) is 3.10. The Morgan fingerprint density at radius 1 is 1.28 bits per heavy atom. The van der Waals surface area contributed by atoms with Gasteiger partial charge in [0.2, 0.25) is 5.91 Å². The maximum Gasteiger partial charge on any atom is 0.226 e. The highest BCUT2D eigenvalue weighted by atomic mass is 16.2. The number of hydrogen-bond acceptors (Lipinski definition) is 2. The highest BCUT2D eigenvalue weighted by molar-refractivity contribution is 5.79. The third-order valence-corrected chi connectivity index (χ3v) is 4.56. The molecule has 18 heavy (non-hydrogen) atoms. The van der Waals surface area contributed by atoms with Gasteiger partial charge in [0.25, 0.3) is 0 Å². The summed E-state index contributed by atoms with van der Waals surface area (Å²) >= 11 is 0. The van der Waals surface area contributed by atoms with E-state index in [0.29, 0.717) is 12.6 Å². The topological polar surface area (TPSA) is 46.3 Å². The minimum atomic E-state index is 0.0314. The molecule has 1 amide bonds. The van der Waals surface area contributed by atoms with E-state index in [0.717, 1.165) is 18.8 Å². The van der Waals surface area contributed by atoms with Crippen molar-refractivity contribution in [1.29, 1.82) is 0 Å². The van der Waals surface area contributed by atoms with E-state index in [1.54, 1.807) is 0 Å². The van der Waals surface area contributed by atoms with E-state index in [1.165, 1.54) is 32.1 Å². The third kappa shape index (κ3) is 3.98. The van der Waals surface area contributed by atoms with Gasteiger partial charge in [-0.25, -0.2) is 0 Å². The van der Waals surface area contributed by atoms with Crippen molar-refractivity contribution in [2.24, 2.45) is 17.6 Å². The summed E-state index contributed by atoms with van der Waals surface area (Å²) in [6, 6.07) is 0.450. The first-order chi connectivity index (χ1) is 8.63. The second-order valence-electron chi connectivity index (χ2n) is 5.75. The van der Waals surface area contributed by atoms with Gasteiger partial charge in [-0.3, -0.25) is 4.79 Å². The van der Waals surface area contributed by atoms with Gasteiger partial charge in [-0.2, -0.15) is 0 Å². The number of carbonyl (C=O) groups excluding carboxylic acids is 1. The van der Waals surface area contributed by atoms with Crippen LogP contribution in [0.1, 0.15) is 58.8 Å². The molecule has 1 aliphatic carbocycles. The van der Waals surface area contributed by atoms with E-state index >= 15 is 0 Å². The molecule has 0 heterocycles. The Kier molecular flexibility index (Phi) is 6.69. The van der Waals surface area contributed by atoms with E-state index < -0.39 is 0 Å². The Morgan fingerprint density at radius 2 is 1.89 bits per heavy atom. The van der Waals surface area contributed by atoms with Gasteiger partial charge in [0, 0.05) is 19.6 Å². The van der Waals surface area contributed by atoms with Crippen LogP contribution in [0.5, 0.6) is 0 Å². The van der Waals surface area contributed by atoms with Crippen LogP contribution in [0.15, 0.2) is 0 Å². The van der Waals surface area contributed by atoms with Gasteiger partial charge < -0.3 is 10.6 Å². The van der Waals surface area contributed by atoms with Gasteiger partial charge in [0.05, 0.1) is 5.92 Å². The van der Waals surface area contributed by atoms with Crippen molar-refractivity contribution in [1.82, 2.24) is 4.90 Å². The minimum Gasteiger partial charge on any atom is -0.342 e. The third-order valence-electron chi connectivity index (χ3n) is 4.56. The van der Waals surface area contributed by atoms with Crippen molar-refractivity contribution in [3.63, 3.8) is 0 Å². The summed E-state index contributed by atoms with van der Waals surface area (Å²) in [4.78, 5) is 14.3. The van der Waals surface area contributed by atoms with Gasteiger partial charge in [-0.05, 0) is 38.0 Å². The zero-order valence-corrected chi connectivity index (χ0v) is 12.3. The molecule has 0 aromatic heterocycles. The summed E-state index contributed by atoms with van der Waals surface area (Å²) in [6.07, 6.45) is 8.13. The molecule has 1 rings (SSSR count). The summed E-state index contributed by atoms with van der Waals surface area (Å²) in [5, 5.41) is 0. The maximum atomic E-state index is 12.4. The van der Waals surface area contributed by atoms with E-state index in [1.807, 2.05) is 11.9 Å². The molecule has 0 aromatic carbocycles. The molecule has 0 spiro atoms. The molecule has 0 radical (unpaired) electrons. The quantitative estimate of drug-likeness (QED) is 0.792. The van der Waals surface area contributed by atoms with Crippen molar-refractivity contribution in [2.45, 2.75) is 64.8 Å².